The van der Waals surface area contributed by atoms with Crippen LogP contribution in [0.2, 0.25) is 0 Å². The lowest BCUT2D eigenvalue weighted by atomic mass is 9.97. The third-order valence-corrected chi connectivity index (χ3v) is 4.70. The fourth-order valence-electron chi connectivity index (χ4n) is 3.16. The molecule has 164 valence electrons. The first kappa shape index (κ1) is 25.3. The second kappa shape index (κ2) is 13.4. The number of aliphatic imine (C=N–C) groups is 1. The number of likely N-dealkylation sites (tertiary alicyclic amines) is 1. The Hall–Kier alpha value is -1.78. The van der Waals surface area contributed by atoms with Gasteiger partial charge in [0.15, 0.2) is 11.7 Å². The summed E-state index contributed by atoms with van der Waals surface area (Å²) >= 11 is 0. The first-order chi connectivity index (χ1) is 13.6. The van der Waals surface area contributed by atoms with Gasteiger partial charge in [0.1, 0.15) is 0 Å². The minimum absolute atomic E-state index is 0. The van der Waals surface area contributed by atoms with E-state index in [2.05, 4.69) is 20.5 Å². The van der Waals surface area contributed by atoms with Crippen LogP contribution in [0.25, 0.3) is 0 Å². The van der Waals surface area contributed by atoms with Crippen LogP contribution in [0, 0.1) is 12.8 Å². The van der Waals surface area contributed by atoms with Crippen LogP contribution in [-0.4, -0.2) is 62.1 Å². The highest BCUT2D eigenvalue weighted by molar-refractivity contribution is 14.0. The van der Waals surface area contributed by atoms with E-state index >= 15 is 0 Å². The molecule has 1 fully saturated rings. The first-order valence-corrected chi connectivity index (χ1v) is 10.1. The van der Waals surface area contributed by atoms with Gasteiger partial charge in [0, 0.05) is 38.3 Å². The molecule has 1 aromatic heterocycles. The molecular weight excluding hydrogens is 487 g/mol. The molecule has 0 aliphatic carbocycles. The molecule has 8 nitrogen and oxygen atoms in total. The number of piperidine rings is 1. The zero-order valence-electron chi connectivity index (χ0n) is 17.5. The molecule has 1 amide bonds. The number of rotatable bonds is 8. The highest BCUT2D eigenvalue weighted by atomic mass is 127. The van der Waals surface area contributed by atoms with Crippen molar-refractivity contribution in [3.63, 3.8) is 0 Å². The molecule has 0 spiro atoms. The summed E-state index contributed by atoms with van der Waals surface area (Å²) in [5, 5.41) is 6.16. The minimum atomic E-state index is -0.195. The van der Waals surface area contributed by atoms with Crippen molar-refractivity contribution in [2.24, 2.45) is 10.9 Å². The maximum absolute atomic E-state index is 12.0. The summed E-state index contributed by atoms with van der Waals surface area (Å²) in [7, 11) is 0. The number of nitrogens with zero attached hydrogens (tertiary/aromatic N) is 2. The number of carbonyl (C=O) groups is 2. The van der Waals surface area contributed by atoms with Crippen LogP contribution >= 0.6 is 24.0 Å². The predicted molar refractivity (Wildman–Crippen MR) is 123 cm³/mol. The summed E-state index contributed by atoms with van der Waals surface area (Å²) in [4.78, 5) is 30.7. The molecule has 0 saturated carbocycles. The van der Waals surface area contributed by atoms with E-state index in [9.17, 15) is 9.59 Å². The smallest absolute Gasteiger partial charge is 0.309 e. The number of guanidine groups is 1. The summed E-state index contributed by atoms with van der Waals surface area (Å²) in [5.74, 6) is 0.921. The zero-order valence-corrected chi connectivity index (χ0v) is 19.9. The number of aryl methyl sites for hydroxylation is 1. The second-order valence-corrected chi connectivity index (χ2v) is 6.79. The highest BCUT2D eigenvalue weighted by Gasteiger charge is 2.27. The van der Waals surface area contributed by atoms with Gasteiger partial charge in [-0.2, -0.15) is 0 Å². The van der Waals surface area contributed by atoms with Crippen LogP contribution in [-0.2, 0) is 9.53 Å². The third kappa shape index (κ3) is 7.87. The molecule has 1 saturated heterocycles. The molecule has 0 radical (unpaired) electrons. The van der Waals surface area contributed by atoms with Crippen molar-refractivity contribution in [1.29, 1.82) is 0 Å². The van der Waals surface area contributed by atoms with Crippen molar-refractivity contribution in [3.05, 3.63) is 23.7 Å². The summed E-state index contributed by atoms with van der Waals surface area (Å²) in [5.41, 5.74) is 0.830. The lowest BCUT2D eigenvalue weighted by Crippen LogP contribution is -2.46. The Morgan fingerprint density at radius 1 is 1.28 bits per heavy atom. The molecule has 1 aliphatic heterocycles. The third-order valence-electron chi connectivity index (χ3n) is 4.70. The number of esters is 1. The predicted octanol–water partition coefficient (Wildman–Crippen LogP) is 2.57. The van der Waals surface area contributed by atoms with E-state index in [-0.39, 0.29) is 41.8 Å². The Morgan fingerprint density at radius 2 is 2.00 bits per heavy atom. The van der Waals surface area contributed by atoms with Crippen molar-refractivity contribution < 1.29 is 18.7 Å². The maximum atomic E-state index is 12.0. The number of nitrogens with one attached hydrogen (secondary N) is 2. The van der Waals surface area contributed by atoms with Crippen molar-refractivity contribution in [2.75, 3.05) is 39.3 Å². The molecule has 0 aromatic carbocycles. The van der Waals surface area contributed by atoms with E-state index in [4.69, 9.17) is 9.15 Å². The van der Waals surface area contributed by atoms with Crippen LogP contribution < -0.4 is 10.6 Å². The van der Waals surface area contributed by atoms with Crippen molar-refractivity contribution in [2.45, 2.75) is 40.0 Å². The van der Waals surface area contributed by atoms with Gasteiger partial charge in [-0.1, -0.05) is 0 Å². The molecule has 0 atom stereocenters. The molecule has 0 unspecified atom stereocenters. The summed E-state index contributed by atoms with van der Waals surface area (Å²) < 4.78 is 10.3. The number of carbonyl (C=O) groups excluding carboxylic acids is 2. The largest absolute Gasteiger partial charge is 0.466 e. The van der Waals surface area contributed by atoms with E-state index in [0.717, 1.165) is 50.4 Å². The standard InChI is InChI=1S/C20H32N4O4.HI/c1-4-21-20(24-12-7-16(8-13-24)19(26)27-5-2)23-11-6-10-22-18(25)17-15(3)9-14-28-17;/h9,14,16H,4-8,10-13H2,1-3H3,(H,21,23)(H,22,25);1H. The number of halogens is 1. The van der Waals surface area contributed by atoms with E-state index in [1.54, 1.807) is 6.07 Å². The Labute approximate surface area is 189 Å². The topological polar surface area (TPSA) is 96.2 Å². The van der Waals surface area contributed by atoms with Gasteiger partial charge in [-0.05, 0) is 46.1 Å². The molecule has 2 rings (SSSR count). The molecule has 1 aliphatic rings. The Balaban J connectivity index is 0.00000420. The fourth-order valence-corrected chi connectivity index (χ4v) is 3.16. The number of furan rings is 1. The lowest BCUT2D eigenvalue weighted by Gasteiger charge is -2.33. The molecule has 9 heteroatoms. The fraction of sp³-hybridized carbons (Fsp3) is 0.650. The molecule has 1 aromatic rings. The second-order valence-electron chi connectivity index (χ2n) is 6.79. The lowest BCUT2D eigenvalue weighted by molar-refractivity contribution is -0.149. The normalized spacial score (nSPS) is 14.9. The maximum Gasteiger partial charge on any atom is 0.309 e. The molecule has 0 bridgehead atoms. The molecule has 29 heavy (non-hydrogen) atoms. The van der Waals surface area contributed by atoms with E-state index in [1.165, 1.54) is 6.26 Å². The highest BCUT2D eigenvalue weighted by Crippen LogP contribution is 2.18. The van der Waals surface area contributed by atoms with Crippen LogP contribution in [0.15, 0.2) is 21.7 Å². The van der Waals surface area contributed by atoms with Crippen molar-refractivity contribution in [1.82, 2.24) is 15.5 Å². The average Bonchev–Trinajstić information content (AvgIpc) is 3.13. The number of hydrogen-bond acceptors (Lipinski definition) is 5. The number of amides is 1. The van der Waals surface area contributed by atoms with Gasteiger partial charge in [-0.25, -0.2) is 0 Å². The van der Waals surface area contributed by atoms with Gasteiger partial charge >= 0.3 is 5.97 Å². The van der Waals surface area contributed by atoms with Crippen LogP contribution in [0.5, 0.6) is 0 Å². The van der Waals surface area contributed by atoms with Crippen LogP contribution in [0.4, 0.5) is 0 Å². The van der Waals surface area contributed by atoms with E-state index in [1.807, 2.05) is 20.8 Å². The number of ether oxygens (including phenoxy) is 1. The first-order valence-electron chi connectivity index (χ1n) is 10.1. The average molecular weight is 520 g/mol. The van der Waals surface area contributed by atoms with E-state index in [0.29, 0.717) is 25.5 Å². The van der Waals surface area contributed by atoms with Crippen molar-refractivity contribution >= 4 is 41.8 Å². The van der Waals surface area contributed by atoms with Gasteiger partial charge in [0.25, 0.3) is 5.91 Å². The van der Waals surface area contributed by atoms with Gasteiger partial charge in [0.05, 0.1) is 18.8 Å². The Morgan fingerprint density at radius 3 is 2.59 bits per heavy atom. The van der Waals surface area contributed by atoms with Gasteiger partial charge in [-0.3, -0.25) is 14.6 Å². The van der Waals surface area contributed by atoms with Gasteiger partial charge in [0.2, 0.25) is 0 Å². The Bertz CT molecular complexity index is 669. The van der Waals surface area contributed by atoms with Crippen LogP contribution in [0.3, 0.4) is 0 Å². The zero-order chi connectivity index (χ0) is 20.4. The monoisotopic (exact) mass is 520 g/mol. The van der Waals surface area contributed by atoms with Crippen molar-refractivity contribution in [3.8, 4) is 0 Å². The summed E-state index contributed by atoms with van der Waals surface area (Å²) in [6.07, 6.45) is 3.81. The van der Waals surface area contributed by atoms with Crippen LogP contribution in [0.1, 0.15) is 49.2 Å². The van der Waals surface area contributed by atoms with E-state index < -0.39 is 0 Å². The number of hydrogen-bond donors (Lipinski definition) is 2. The molecule has 2 N–H and O–H groups in total. The minimum Gasteiger partial charge on any atom is -0.466 e. The van der Waals surface area contributed by atoms with Gasteiger partial charge < -0.3 is 24.7 Å². The molecular formula is C20H33IN4O4. The summed E-state index contributed by atoms with van der Waals surface area (Å²) in [6, 6.07) is 1.77. The molecule has 2 heterocycles. The SMILES string of the molecule is CCNC(=NCCCNC(=O)c1occc1C)N1CCC(C(=O)OCC)CC1.I. The Kier molecular flexibility index (Phi) is 11.7. The summed E-state index contributed by atoms with van der Waals surface area (Å²) in [6.45, 7) is 9.63. The van der Waals surface area contributed by atoms with Gasteiger partial charge in [-0.15, -0.1) is 24.0 Å². The quantitative estimate of drug-likeness (QED) is 0.180.